The smallest absolute Gasteiger partial charge is 0.282 e. The first-order chi connectivity index (χ1) is 15.8. The largest absolute Gasteiger partial charge is 0.491 e. The molecule has 2 aromatic carbocycles. The van der Waals surface area contributed by atoms with Crippen LogP contribution in [0, 0.1) is 0 Å². The third kappa shape index (κ3) is 4.80. The van der Waals surface area contributed by atoms with Crippen molar-refractivity contribution in [3.63, 3.8) is 0 Å². The molecule has 0 fully saturated rings. The monoisotopic (exact) mass is 461 g/mol. The zero-order valence-corrected chi connectivity index (χ0v) is 19.2. The fourth-order valence-corrected chi connectivity index (χ4v) is 4.23. The van der Waals surface area contributed by atoms with Crippen molar-refractivity contribution >= 4 is 51.7 Å². The number of hydrogen-bond donors (Lipinski definition) is 2. The molecule has 0 aliphatic carbocycles. The third-order valence-corrected chi connectivity index (χ3v) is 5.68. The van der Waals surface area contributed by atoms with Gasteiger partial charge in [-0.3, -0.25) is 14.4 Å². The van der Waals surface area contributed by atoms with E-state index in [1.54, 1.807) is 36.4 Å². The van der Waals surface area contributed by atoms with Gasteiger partial charge in [0.15, 0.2) is 0 Å². The van der Waals surface area contributed by atoms with Gasteiger partial charge < -0.3 is 15.4 Å². The van der Waals surface area contributed by atoms with Crippen LogP contribution in [0.3, 0.4) is 0 Å². The summed E-state index contributed by atoms with van der Waals surface area (Å²) in [5.74, 6) is -0.332. The second-order valence-corrected chi connectivity index (χ2v) is 8.66. The Morgan fingerprint density at radius 1 is 0.939 bits per heavy atom. The molecule has 1 aliphatic rings. The molecule has 0 bridgehead atoms. The highest BCUT2D eigenvalue weighted by Gasteiger charge is 2.40. The van der Waals surface area contributed by atoms with Crippen molar-refractivity contribution in [1.82, 2.24) is 0 Å². The predicted molar refractivity (Wildman–Crippen MR) is 130 cm³/mol. The average Bonchev–Trinajstić information content (AvgIpc) is 3.36. The third-order valence-electron chi connectivity index (χ3n) is 4.79. The first-order valence-corrected chi connectivity index (χ1v) is 11.3. The molecule has 0 saturated carbocycles. The van der Waals surface area contributed by atoms with E-state index in [9.17, 15) is 14.4 Å². The Hall–Kier alpha value is -3.91. The van der Waals surface area contributed by atoms with Crippen LogP contribution in [0.5, 0.6) is 5.75 Å². The van der Waals surface area contributed by atoms with E-state index in [-0.39, 0.29) is 17.7 Å². The quantitative estimate of drug-likeness (QED) is 0.489. The van der Waals surface area contributed by atoms with E-state index >= 15 is 0 Å². The van der Waals surface area contributed by atoms with Crippen LogP contribution in [-0.2, 0) is 14.4 Å². The first-order valence-electron chi connectivity index (χ1n) is 10.4. The molecule has 3 aromatic rings. The van der Waals surface area contributed by atoms with E-state index in [4.69, 9.17) is 4.74 Å². The van der Waals surface area contributed by atoms with Gasteiger partial charge in [-0.25, -0.2) is 4.90 Å². The summed E-state index contributed by atoms with van der Waals surface area (Å²) in [7, 11) is 0. The Morgan fingerprint density at radius 2 is 1.61 bits per heavy atom. The zero-order chi connectivity index (χ0) is 23.5. The van der Waals surface area contributed by atoms with Gasteiger partial charge in [0.2, 0.25) is 5.91 Å². The van der Waals surface area contributed by atoms with Crippen molar-refractivity contribution in [3.05, 3.63) is 76.6 Å². The van der Waals surface area contributed by atoms with Gasteiger partial charge in [0.25, 0.3) is 11.8 Å². The van der Waals surface area contributed by atoms with Crippen LogP contribution in [0.1, 0.15) is 25.6 Å². The normalized spacial score (nSPS) is 13.6. The summed E-state index contributed by atoms with van der Waals surface area (Å²) >= 11 is 1.39. The standard InChI is InChI=1S/C25H23N3O4S/c1-15(2)32-20-12-8-18(9-13-20)27-23-22(21-5-4-14-33-21)24(30)28(25(23)31)19-10-6-17(7-11-19)26-16(3)29/h4-15,27H,1-3H3,(H,26,29). The van der Waals surface area contributed by atoms with Crippen LogP contribution >= 0.6 is 11.3 Å². The maximum atomic E-state index is 13.4. The molecule has 7 nitrogen and oxygen atoms in total. The van der Waals surface area contributed by atoms with Crippen LogP contribution in [0.15, 0.2) is 71.7 Å². The lowest BCUT2D eigenvalue weighted by Crippen LogP contribution is -2.32. The molecule has 0 unspecified atom stereocenters. The summed E-state index contributed by atoms with van der Waals surface area (Å²) in [6, 6.07) is 17.5. The topological polar surface area (TPSA) is 87.7 Å². The number of nitrogens with one attached hydrogen (secondary N) is 2. The lowest BCUT2D eigenvalue weighted by Gasteiger charge is -2.16. The van der Waals surface area contributed by atoms with Crippen molar-refractivity contribution in [2.24, 2.45) is 0 Å². The van der Waals surface area contributed by atoms with Gasteiger partial charge in [-0.05, 0) is 73.8 Å². The Labute approximate surface area is 195 Å². The van der Waals surface area contributed by atoms with E-state index in [1.165, 1.54) is 18.3 Å². The van der Waals surface area contributed by atoms with Crippen molar-refractivity contribution < 1.29 is 19.1 Å². The van der Waals surface area contributed by atoms with Crippen molar-refractivity contribution in [1.29, 1.82) is 0 Å². The summed E-state index contributed by atoms with van der Waals surface area (Å²) in [6.07, 6.45) is 0.0524. The van der Waals surface area contributed by atoms with Gasteiger partial charge in [-0.2, -0.15) is 0 Å². The molecule has 1 aromatic heterocycles. The zero-order valence-electron chi connectivity index (χ0n) is 18.4. The molecule has 4 rings (SSSR count). The SMILES string of the molecule is CC(=O)Nc1ccc(N2C(=O)C(Nc3ccc(OC(C)C)cc3)=C(c3cccs3)C2=O)cc1. The van der Waals surface area contributed by atoms with Crippen molar-refractivity contribution in [3.8, 4) is 5.75 Å². The lowest BCUT2D eigenvalue weighted by atomic mass is 10.2. The van der Waals surface area contributed by atoms with Crippen LogP contribution in [0.4, 0.5) is 17.1 Å². The van der Waals surface area contributed by atoms with Crippen molar-refractivity contribution in [2.75, 3.05) is 15.5 Å². The molecular weight excluding hydrogens is 438 g/mol. The summed E-state index contributed by atoms with van der Waals surface area (Å²) in [5, 5.41) is 7.68. The van der Waals surface area contributed by atoms with Crippen LogP contribution in [0.25, 0.3) is 5.57 Å². The van der Waals surface area contributed by atoms with Gasteiger partial charge in [0, 0.05) is 23.2 Å². The second-order valence-electron chi connectivity index (χ2n) is 7.72. The van der Waals surface area contributed by atoms with Crippen LogP contribution < -0.4 is 20.3 Å². The molecule has 168 valence electrons. The lowest BCUT2D eigenvalue weighted by molar-refractivity contribution is -0.120. The van der Waals surface area contributed by atoms with Gasteiger partial charge in [0.05, 0.1) is 17.4 Å². The molecule has 0 saturated heterocycles. The molecule has 0 atom stereocenters. The highest BCUT2D eigenvalue weighted by Crippen LogP contribution is 2.36. The van der Waals surface area contributed by atoms with Gasteiger partial charge in [0.1, 0.15) is 11.4 Å². The first kappa shape index (κ1) is 22.3. The number of rotatable bonds is 7. The summed E-state index contributed by atoms with van der Waals surface area (Å²) in [4.78, 5) is 39.9. The minimum atomic E-state index is -0.446. The molecule has 3 amide bonds. The Bertz CT molecular complexity index is 1210. The number of carbonyl (C=O) groups excluding carboxylic acids is 3. The molecular formula is C25H23N3O4S. The Kier molecular flexibility index (Phi) is 6.28. The average molecular weight is 462 g/mol. The van der Waals surface area contributed by atoms with E-state index < -0.39 is 11.8 Å². The molecule has 33 heavy (non-hydrogen) atoms. The predicted octanol–water partition coefficient (Wildman–Crippen LogP) is 4.89. The fourth-order valence-electron chi connectivity index (χ4n) is 3.46. The van der Waals surface area contributed by atoms with Crippen molar-refractivity contribution in [2.45, 2.75) is 26.9 Å². The number of benzene rings is 2. The number of hydrogen-bond acceptors (Lipinski definition) is 6. The Balaban J connectivity index is 1.65. The second kappa shape index (κ2) is 9.30. The molecule has 1 aliphatic heterocycles. The maximum Gasteiger partial charge on any atom is 0.282 e. The number of imide groups is 1. The van der Waals surface area contributed by atoms with Crippen LogP contribution in [-0.4, -0.2) is 23.8 Å². The number of anilines is 3. The van der Waals surface area contributed by atoms with E-state index in [2.05, 4.69) is 10.6 Å². The number of nitrogens with zero attached hydrogens (tertiary/aromatic N) is 1. The number of amides is 3. The number of ether oxygens (including phenoxy) is 1. The summed E-state index contributed by atoms with van der Waals surface area (Å²) < 4.78 is 5.67. The number of thiophene rings is 1. The minimum absolute atomic E-state index is 0.0524. The number of carbonyl (C=O) groups is 3. The molecule has 2 heterocycles. The highest BCUT2D eigenvalue weighted by molar-refractivity contribution is 7.11. The summed E-state index contributed by atoms with van der Waals surface area (Å²) in [5.41, 5.74) is 2.21. The highest BCUT2D eigenvalue weighted by atomic mass is 32.1. The minimum Gasteiger partial charge on any atom is -0.491 e. The van der Waals surface area contributed by atoms with Gasteiger partial charge >= 0.3 is 0 Å². The molecule has 2 N–H and O–H groups in total. The van der Waals surface area contributed by atoms with Gasteiger partial charge in [-0.15, -0.1) is 11.3 Å². The van der Waals surface area contributed by atoms with E-state index in [0.29, 0.717) is 27.5 Å². The fraction of sp³-hybridized carbons (Fsp3) is 0.160. The Morgan fingerprint density at radius 3 is 2.18 bits per heavy atom. The van der Waals surface area contributed by atoms with Crippen LogP contribution in [0.2, 0.25) is 0 Å². The van der Waals surface area contributed by atoms with E-state index in [0.717, 1.165) is 10.6 Å². The maximum absolute atomic E-state index is 13.4. The molecule has 8 heteroatoms. The molecule has 0 spiro atoms. The van der Waals surface area contributed by atoms with E-state index in [1.807, 2.05) is 43.5 Å². The van der Waals surface area contributed by atoms with Gasteiger partial charge in [-0.1, -0.05) is 6.07 Å². The summed E-state index contributed by atoms with van der Waals surface area (Å²) in [6.45, 7) is 5.31. The molecule has 0 radical (unpaired) electrons.